The molecule has 0 aliphatic heterocycles. The maximum Gasteiger partial charge on any atom is 0.321 e. The van der Waals surface area contributed by atoms with Gasteiger partial charge < -0.3 is 14.3 Å². The number of furan rings is 1. The molecule has 9 heteroatoms. The van der Waals surface area contributed by atoms with E-state index < -0.39 is 6.03 Å². The maximum absolute atomic E-state index is 12.0. The number of thioether (sulfide) groups is 1. The van der Waals surface area contributed by atoms with Crippen molar-refractivity contribution in [3.05, 3.63) is 54.0 Å². The monoisotopic (exact) mass is 413 g/mol. The molecule has 2 aromatic heterocycles. The third kappa shape index (κ3) is 5.47. The Morgan fingerprint density at radius 3 is 2.66 bits per heavy atom. The number of hydrogen-bond acceptors (Lipinski definition) is 6. The van der Waals surface area contributed by atoms with Crippen molar-refractivity contribution in [2.45, 2.75) is 38.5 Å². The summed E-state index contributed by atoms with van der Waals surface area (Å²) >= 11 is 1.43. The minimum Gasteiger partial charge on any atom is -0.469 e. The second-order valence-corrected chi connectivity index (χ2v) is 7.32. The number of rotatable bonds is 8. The molecular weight excluding hydrogens is 390 g/mol. The molecule has 0 unspecified atom stereocenters. The molecule has 0 radical (unpaired) electrons. The van der Waals surface area contributed by atoms with Gasteiger partial charge in [-0.1, -0.05) is 42.1 Å². The van der Waals surface area contributed by atoms with Crippen LogP contribution in [0.2, 0.25) is 0 Å². The lowest BCUT2D eigenvalue weighted by Crippen LogP contribution is -2.39. The maximum atomic E-state index is 12.0. The van der Waals surface area contributed by atoms with E-state index in [9.17, 15) is 9.59 Å². The van der Waals surface area contributed by atoms with Crippen LogP contribution in [0.1, 0.15) is 24.7 Å². The minimum absolute atomic E-state index is 0.195. The van der Waals surface area contributed by atoms with Crippen LogP contribution in [0.15, 0.2) is 52.2 Å². The van der Waals surface area contributed by atoms with E-state index >= 15 is 0 Å². The summed E-state index contributed by atoms with van der Waals surface area (Å²) in [6.45, 7) is 4.95. The second-order valence-electron chi connectivity index (χ2n) is 6.26. The molecule has 29 heavy (non-hydrogen) atoms. The van der Waals surface area contributed by atoms with Gasteiger partial charge in [0.2, 0.25) is 5.91 Å². The second kappa shape index (κ2) is 9.92. The molecule has 2 N–H and O–H groups in total. The Morgan fingerprint density at radius 1 is 1.17 bits per heavy atom. The number of imide groups is 1. The smallest absolute Gasteiger partial charge is 0.321 e. The Labute approximate surface area is 173 Å². The largest absolute Gasteiger partial charge is 0.469 e. The summed E-state index contributed by atoms with van der Waals surface area (Å²) in [5, 5.41) is 14.2. The summed E-state index contributed by atoms with van der Waals surface area (Å²) in [7, 11) is 0. The predicted octanol–water partition coefficient (Wildman–Crippen LogP) is 3.37. The van der Waals surface area contributed by atoms with Crippen molar-refractivity contribution in [1.29, 1.82) is 0 Å². The highest BCUT2D eigenvalue weighted by atomic mass is 32.2. The van der Waals surface area contributed by atoms with Crippen molar-refractivity contribution in [2.24, 2.45) is 0 Å². The van der Waals surface area contributed by atoms with Gasteiger partial charge in [0.05, 0.1) is 11.8 Å². The molecule has 0 aliphatic rings. The van der Waals surface area contributed by atoms with Crippen LogP contribution in [0.3, 0.4) is 0 Å². The van der Waals surface area contributed by atoms with Crippen molar-refractivity contribution in [2.75, 3.05) is 5.75 Å². The van der Waals surface area contributed by atoms with Crippen LogP contribution in [-0.2, 0) is 17.9 Å². The van der Waals surface area contributed by atoms with E-state index in [-0.39, 0.29) is 12.3 Å². The lowest BCUT2D eigenvalue weighted by Gasteiger charge is -2.08. The topological polar surface area (TPSA) is 102 Å². The van der Waals surface area contributed by atoms with Gasteiger partial charge in [-0.25, -0.2) is 4.79 Å². The lowest BCUT2D eigenvalue weighted by atomic mass is 10.2. The number of carbonyl (C=O) groups is 2. The van der Waals surface area contributed by atoms with Gasteiger partial charge in [-0.3, -0.25) is 10.1 Å². The third-order valence-electron chi connectivity index (χ3n) is 4.24. The van der Waals surface area contributed by atoms with Crippen LogP contribution in [0, 0.1) is 6.92 Å². The van der Waals surface area contributed by atoms with E-state index in [1.165, 1.54) is 11.8 Å². The fourth-order valence-electron chi connectivity index (χ4n) is 2.74. The number of benzene rings is 1. The van der Waals surface area contributed by atoms with Gasteiger partial charge in [-0.05, 0) is 25.5 Å². The summed E-state index contributed by atoms with van der Waals surface area (Å²) < 4.78 is 7.33. The average Bonchev–Trinajstić information content (AvgIpc) is 3.32. The van der Waals surface area contributed by atoms with Gasteiger partial charge in [0.15, 0.2) is 11.0 Å². The highest BCUT2D eigenvalue weighted by Gasteiger charge is 2.17. The number of aryl methyl sites for hydroxylation is 1. The summed E-state index contributed by atoms with van der Waals surface area (Å²) in [6, 6.07) is 10.9. The van der Waals surface area contributed by atoms with E-state index in [1.54, 1.807) is 6.26 Å². The summed E-state index contributed by atoms with van der Waals surface area (Å²) in [6.07, 6.45) is 1.82. The number of nitrogens with one attached hydrogen (secondary N) is 2. The van der Waals surface area contributed by atoms with Crippen LogP contribution in [0.5, 0.6) is 0 Å². The standard InChI is InChI=1S/C20H23N5O3S/c1-3-25-18(16-9-11-28-14(16)2)23-24-20(25)29-12-10-17(26)22-19(27)21-13-15-7-5-4-6-8-15/h4-9,11H,3,10,12-13H2,1-2H3,(H2,21,22,26,27). The quantitative estimate of drug-likeness (QED) is 0.549. The van der Waals surface area contributed by atoms with Gasteiger partial charge in [0, 0.05) is 25.3 Å². The van der Waals surface area contributed by atoms with Crippen molar-refractivity contribution < 1.29 is 14.0 Å². The Morgan fingerprint density at radius 2 is 1.97 bits per heavy atom. The van der Waals surface area contributed by atoms with Crippen molar-refractivity contribution in [3.63, 3.8) is 0 Å². The van der Waals surface area contributed by atoms with Crippen molar-refractivity contribution >= 4 is 23.7 Å². The first-order valence-corrected chi connectivity index (χ1v) is 10.3. The number of nitrogens with zero attached hydrogens (tertiary/aromatic N) is 3. The fraction of sp³-hybridized carbons (Fsp3) is 0.300. The molecule has 2 heterocycles. The van der Waals surface area contributed by atoms with Crippen LogP contribution in [0.25, 0.3) is 11.4 Å². The summed E-state index contributed by atoms with van der Waals surface area (Å²) in [5.41, 5.74) is 1.87. The normalized spacial score (nSPS) is 10.7. The Balaban J connectivity index is 1.46. The highest BCUT2D eigenvalue weighted by molar-refractivity contribution is 7.99. The van der Waals surface area contributed by atoms with Crippen molar-refractivity contribution in [1.82, 2.24) is 25.4 Å². The average molecular weight is 414 g/mol. The highest BCUT2D eigenvalue weighted by Crippen LogP contribution is 2.27. The molecule has 152 valence electrons. The number of urea groups is 1. The molecular formula is C20H23N5O3S. The van der Waals surface area contributed by atoms with Crippen LogP contribution in [0.4, 0.5) is 4.79 Å². The number of carbonyl (C=O) groups excluding carboxylic acids is 2. The Kier molecular flexibility index (Phi) is 7.07. The molecule has 0 aliphatic carbocycles. The van der Waals surface area contributed by atoms with Gasteiger partial charge in [0.1, 0.15) is 5.76 Å². The first-order valence-electron chi connectivity index (χ1n) is 9.30. The van der Waals surface area contributed by atoms with Gasteiger partial charge in [-0.15, -0.1) is 10.2 Å². The van der Waals surface area contributed by atoms with Crippen molar-refractivity contribution in [3.8, 4) is 11.4 Å². The molecule has 0 atom stereocenters. The lowest BCUT2D eigenvalue weighted by molar-refractivity contribution is -0.119. The number of amides is 3. The molecule has 0 spiro atoms. The predicted molar refractivity (Wildman–Crippen MR) is 110 cm³/mol. The molecule has 3 rings (SSSR count). The van der Waals surface area contributed by atoms with E-state index in [0.29, 0.717) is 18.8 Å². The first-order chi connectivity index (χ1) is 14.1. The summed E-state index contributed by atoms with van der Waals surface area (Å²) in [5.74, 6) is 1.67. The number of hydrogen-bond donors (Lipinski definition) is 2. The van der Waals surface area contributed by atoms with E-state index in [4.69, 9.17) is 4.42 Å². The van der Waals surface area contributed by atoms with Gasteiger partial charge in [-0.2, -0.15) is 0 Å². The fourth-order valence-corrected chi connectivity index (χ4v) is 3.68. The molecule has 0 fully saturated rings. The first kappa shape index (κ1) is 20.7. The zero-order valence-electron chi connectivity index (χ0n) is 16.3. The molecule has 3 amide bonds. The van der Waals surface area contributed by atoms with Crippen LogP contribution < -0.4 is 10.6 Å². The molecule has 0 saturated heterocycles. The van der Waals surface area contributed by atoms with E-state index in [1.807, 2.05) is 54.8 Å². The molecule has 0 saturated carbocycles. The zero-order chi connectivity index (χ0) is 20.6. The van der Waals surface area contributed by atoms with E-state index in [2.05, 4.69) is 20.8 Å². The Bertz CT molecular complexity index is 968. The van der Waals surface area contributed by atoms with Gasteiger partial charge in [0.25, 0.3) is 0 Å². The SMILES string of the molecule is CCn1c(SCCC(=O)NC(=O)NCc2ccccc2)nnc1-c1ccoc1C. The molecule has 3 aromatic rings. The third-order valence-corrected chi connectivity index (χ3v) is 5.21. The molecule has 1 aromatic carbocycles. The van der Waals surface area contributed by atoms with Crippen LogP contribution in [-0.4, -0.2) is 32.5 Å². The van der Waals surface area contributed by atoms with E-state index in [0.717, 1.165) is 27.9 Å². The summed E-state index contributed by atoms with van der Waals surface area (Å²) in [4.78, 5) is 23.8. The van der Waals surface area contributed by atoms with Crippen LogP contribution >= 0.6 is 11.8 Å². The van der Waals surface area contributed by atoms with Gasteiger partial charge >= 0.3 is 6.03 Å². The minimum atomic E-state index is -0.502. The molecule has 8 nitrogen and oxygen atoms in total. The molecule has 0 bridgehead atoms. The number of aromatic nitrogens is 3. The Hall–Kier alpha value is -3.07. The zero-order valence-corrected chi connectivity index (χ0v) is 17.2.